The second kappa shape index (κ2) is 8.91. The molecular formula is C22H34N2O3. The average Bonchev–Trinajstić information content (AvgIpc) is 3.32. The Morgan fingerprint density at radius 3 is 2.48 bits per heavy atom. The van der Waals surface area contributed by atoms with Crippen molar-refractivity contribution in [3.05, 3.63) is 29.8 Å². The molecule has 3 fully saturated rings. The molecule has 27 heavy (non-hydrogen) atoms. The molecule has 0 aromatic heterocycles. The third-order valence-corrected chi connectivity index (χ3v) is 6.53. The van der Waals surface area contributed by atoms with Crippen LogP contribution in [0.3, 0.4) is 0 Å². The molecule has 1 aromatic rings. The highest BCUT2D eigenvalue weighted by atomic mass is 16.5. The highest BCUT2D eigenvalue weighted by Crippen LogP contribution is 2.45. The number of aliphatic hydroxyl groups excluding tert-OH is 1. The van der Waals surface area contributed by atoms with E-state index < -0.39 is 6.10 Å². The number of β-amino-alcohol motifs (C(OH)–C–C–N with tert-alkyl or cyclic N) is 1. The summed E-state index contributed by atoms with van der Waals surface area (Å²) in [5.74, 6) is 0.841. The smallest absolute Gasteiger partial charge is 0.119 e. The van der Waals surface area contributed by atoms with E-state index in [0.29, 0.717) is 12.0 Å². The summed E-state index contributed by atoms with van der Waals surface area (Å²) in [5.41, 5.74) is 1.86. The van der Waals surface area contributed by atoms with Crippen LogP contribution in [0.5, 0.6) is 5.75 Å². The van der Waals surface area contributed by atoms with Gasteiger partial charge in [0.25, 0.3) is 0 Å². The maximum Gasteiger partial charge on any atom is 0.119 e. The van der Waals surface area contributed by atoms with Gasteiger partial charge in [0, 0.05) is 32.7 Å². The van der Waals surface area contributed by atoms with Crippen molar-refractivity contribution >= 4 is 0 Å². The Balaban J connectivity index is 1.18. The van der Waals surface area contributed by atoms with Gasteiger partial charge in [-0.2, -0.15) is 0 Å². The molecule has 1 spiro atoms. The van der Waals surface area contributed by atoms with Gasteiger partial charge in [0.2, 0.25) is 0 Å². The van der Waals surface area contributed by atoms with E-state index in [1.807, 2.05) is 12.1 Å². The van der Waals surface area contributed by atoms with Crippen LogP contribution in [0.4, 0.5) is 0 Å². The zero-order valence-electron chi connectivity index (χ0n) is 16.4. The number of morpholine rings is 1. The number of nitrogens with zero attached hydrogens (tertiary/aromatic N) is 2. The third kappa shape index (κ3) is 5.23. The largest absolute Gasteiger partial charge is 0.491 e. The lowest BCUT2D eigenvalue weighted by molar-refractivity contribution is 0.0342. The maximum absolute atomic E-state index is 10.4. The van der Waals surface area contributed by atoms with E-state index in [4.69, 9.17) is 9.47 Å². The fourth-order valence-corrected chi connectivity index (χ4v) is 4.97. The molecule has 4 rings (SSSR count). The molecule has 5 nitrogen and oxygen atoms in total. The molecule has 1 unspecified atom stereocenters. The van der Waals surface area contributed by atoms with E-state index in [0.717, 1.165) is 51.7 Å². The Bertz CT molecular complexity index is 580. The number of benzene rings is 1. The highest BCUT2D eigenvalue weighted by Gasteiger charge is 2.40. The molecule has 0 bridgehead atoms. The molecule has 1 aliphatic carbocycles. The minimum absolute atomic E-state index is 0.367. The second-order valence-corrected chi connectivity index (χ2v) is 8.69. The lowest BCUT2D eigenvalue weighted by Gasteiger charge is -2.26. The van der Waals surface area contributed by atoms with Crippen LogP contribution in [-0.2, 0) is 11.3 Å². The van der Waals surface area contributed by atoms with Crippen molar-refractivity contribution in [3.8, 4) is 5.75 Å². The predicted octanol–water partition coefficient (Wildman–Crippen LogP) is 2.52. The third-order valence-electron chi connectivity index (χ3n) is 6.53. The summed E-state index contributed by atoms with van der Waals surface area (Å²) in [6, 6.07) is 8.29. The van der Waals surface area contributed by atoms with Crippen LogP contribution in [0.1, 0.15) is 37.7 Å². The topological polar surface area (TPSA) is 45.2 Å². The van der Waals surface area contributed by atoms with E-state index >= 15 is 0 Å². The molecule has 3 aliphatic rings. The van der Waals surface area contributed by atoms with Gasteiger partial charge in [-0.05, 0) is 48.9 Å². The quantitative estimate of drug-likeness (QED) is 0.795. The lowest BCUT2D eigenvalue weighted by Crippen LogP contribution is -2.35. The number of hydrogen-bond acceptors (Lipinski definition) is 5. The molecule has 150 valence electrons. The molecule has 2 heterocycles. The summed E-state index contributed by atoms with van der Waals surface area (Å²) >= 11 is 0. The molecule has 0 radical (unpaired) electrons. The van der Waals surface area contributed by atoms with Crippen LogP contribution in [0.2, 0.25) is 0 Å². The SMILES string of the molecule is OC(COc1ccc(CN2CCOCC2)cc1)CN1CCC2(CCCC2)C1. The first-order chi connectivity index (χ1) is 13.2. The summed E-state index contributed by atoms with van der Waals surface area (Å²) in [7, 11) is 0. The number of hydrogen-bond donors (Lipinski definition) is 1. The average molecular weight is 375 g/mol. The summed E-state index contributed by atoms with van der Waals surface area (Å²) in [6.07, 6.45) is 6.43. The first kappa shape index (κ1) is 19.2. The molecule has 1 atom stereocenters. The van der Waals surface area contributed by atoms with Crippen molar-refractivity contribution in [1.29, 1.82) is 0 Å². The standard InChI is InChI=1S/C22H34N2O3/c25-20(16-24-10-9-22(18-24)7-1-2-8-22)17-27-21-5-3-19(4-6-21)15-23-11-13-26-14-12-23/h3-6,20,25H,1-2,7-18H2. The van der Waals surface area contributed by atoms with Gasteiger partial charge in [-0.3, -0.25) is 4.90 Å². The van der Waals surface area contributed by atoms with Crippen LogP contribution < -0.4 is 4.74 Å². The van der Waals surface area contributed by atoms with Gasteiger partial charge in [0.05, 0.1) is 13.2 Å². The van der Waals surface area contributed by atoms with Crippen molar-refractivity contribution in [2.75, 3.05) is 52.5 Å². The van der Waals surface area contributed by atoms with E-state index in [1.54, 1.807) is 0 Å². The van der Waals surface area contributed by atoms with Crippen LogP contribution in [-0.4, -0.2) is 73.6 Å². The number of ether oxygens (including phenoxy) is 2. The minimum atomic E-state index is -0.422. The Labute approximate surface area is 163 Å². The zero-order valence-corrected chi connectivity index (χ0v) is 16.4. The van der Waals surface area contributed by atoms with Crippen LogP contribution >= 0.6 is 0 Å². The van der Waals surface area contributed by atoms with Crippen LogP contribution in [0.25, 0.3) is 0 Å². The van der Waals surface area contributed by atoms with Gasteiger partial charge in [0.1, 0.15) is 18.5 Å². The molecule has 1 aromatic carbocycles. The van der Waals surface area contributed by atoms with Crippen molar-refractivity contribution in [1.82, 2.24) is 9.80 Å². The Morgan fingerprint density at radius 1 is 1.00 bits per heavy atom. The number of aliphatic hydroxyl groups is 1. The van der Waals surface area contributed by atoms with Gasteiger partial charge in [-0.1, -0.05) is 25.0 Å². The maximum atomic E-state index is 10.4. The van der Waals surface area contributed by atoms with Gasteiger partial charge >= 0.3 is 0 Å². The molecule has 1 N–H and O–H groups in total. The predicted molar refractivity (Wildman–Crippen MR) is 106 cm³/mol. The first-order valence-electron chi connectivity index (χ1n) is 10.6. The molecular weight excluding hydrogens is 340 g/mol. The van der Waals surface area contributed by atoms with Gasteiger partial charge in [-0.15, -0.1) is 0 Å². The second-order valence-electron chi connectivity index (χ2n) is 8.69. The fourth-order valence-electron chi connectivity index (χ4n) is 4.97. The van der Waals surface area contributed by atoms with Crippen molar-refractivity contribution < 1.29 is 14.6 Å². The fraction of sp³-hybridized carbons (Fsp3) is 0.727. The van der Waals surface area contributed by atoms with Gasteiger partial charge < -0.3 is 19.5 Å². The van der Waals surface area contributed by atoms with E-state index in [-0.39, 0.29) is 0 Å². The van der Waals surface area contributed by atoms with Crippen LogP contribution in [0.15, 0.2) is 24.3 Å². The molecule has 0 amide bonds. The Kier molecular flexibility index (Phi) is 6.33. The van der Waals surface area contributed by atoms with Crippen molar-refractivity contribution in [3.63, 3.8) is 0 Å². The highest BCUT2D eigenvalue weighted by molar-refractivity contribution is 5.27. The zero-order chi connectivity index (χ0) is 18.5. The van der Waals surface area contributed by atoms with E-state index in [9.17, 15) is 5.11 Å². The van der Waals surface area contributed by atoms with Gasteiger partial charge in [-0.25, -0.2) is 0 Å². The number of rotatable bonds is 7. The van der Waals surface area contributed by atoms with E-state index in [2.05, 4.69) is 21.9 Å². The minimum Gasteiger partial charge on any atom is -0.491 e. The monoisotopic (exact) mass is 374 g/mol. The molecule has 2 saturated heterocycles. The lowest BCUT2D eigenvalue weighted by atomic mass is 9.86. The van der Waals surface area contributed by atoms with Crippen molar-refractivity contribution in [2.24, 2.45) is 5.41 Å². The summed E-state index contributed by atoms with van der Waals surface area (Å²) in [5, 5.41) is 10.4. The molecule has 1 saturated carbocycles. The van der Waals surface area contributed by atoms with Crippen LogP contribution in [0, 0.1) is 5.41 Å². The summed E-state index contributed by atoms with van der Waals surface area (Å²) < 4.78 is 11.2. The Morgan fingerprint density at radius 2 is 1.74 bits per heavy atom. The normalized spacial score (nSPS) is 24.5. The first-order valence-corrected chi connectivity index (χ1v) is 10.6. The van der Waals surface area contributed by atoms with Gasteiger partial charge in [0.15, 0.2) is 0 Å². The Hall–Kier alpha value is -1.14. The van der Waals surface area contributed by atoms with E-state index in [1.165, 1.54) is 44.2 Å². The summed E-state index contributed by atoms with van der Waals surface area (Å²) in [6.45, 7) is 8.03. The summed E-state index contributed by atoms with van der Waals surface area (Å²) in [4.78, 5) is 4.85. The molecule has 2 aliphatic heterocycles. The molecule has 5 heteroatoms. The van der Waals surface area contributed by atoms with Crippen molar-refractivity contribution in [2.45, 2.75) is 44.8 Å². The number of likely N-dealkylation sites (tertiary alicyclic amines) is 1.